The Labute approximate surface area is 194 Å². The summed E-state index contributed by atoms with van der Waals surface area (Å²) in [6, 6.07) is 5.71. The summed E-state index contributed by atoms with van der Waals surface area (Å²) in [5, 5.41) is 4.05. The van der Waals surface area contributed by atoms with Crippen molar-refractivity contribution in [2.75, 3.05) is 27.4 Å². The van der Waals surface area contributed by atoms with Crippen LogP contribution in [0.1, 0.15) is 55.9 Å². The van der Waals surface area contributed by atoms with Gasteiger partial charge in [-0.3, -0.25) is 9.59 Å². The molecule has 2 aliphatic heterocycles. The molecule has 3 aliphatic rings. The highest BCUT2D eigenvalue weighted by atomic mass is 16.5. The van der Waals surface area contributed by atoms with E-state index in [4.69, 9.17) is 14.2 Å². The highest BCUT2D eigenvalue weighted by molar-refractivity contribution is 6.06. The maximum absolute atomic E-state index is 13.9. The fraction of sp³-hybridized carbons (Fsp3) is 0.600. The Hall–Kier alpha value is -2.74. The zero-order chi connectivity index (χ0) is 23.2. The van der Waals surface area contributed by atoms with Gasteiger partial charge in [0.15, 0.2) is 0 Å². The summed E-state index contributed by atoms with van der Waals surface area (Å²) in [4.78, 5) is 29.4. The predicted molar refractivity (Wildman–Crippen MR) is 124 cm³/mol. The van der Waals surface area contributed by atoms with Crippen molar-refractivity contribution in [2.24, 2.45) is 0 Å². The van der Waals surface area contributed by atoms with E-state index in [1.54, 1.807) is 19.1 Å². The van der Waals surface area contributed by atoms with E-state index < -0.39 is 5.54 Å². The number of fused-ring (bicyclic) bond motifs is 3. The zero-order valence-corrected chi connectivity index (χ0v) is 19.7. The molecule has 0 radical (unpaired) electrons. The summed E-state index contributed by atoms with van der Waals surface area (Å²) in [5.41, 5.74) is 0.271. The Morgan fingerprint density at radius 2 is 1.88 bits per heavy atom. The van der Waals surface area contributed by atoms with Gasteiger partial charge in [0.2, 0.25) is 5.91 Å². The number of hydrogen-bond acceptors (Lipinski definition) is 5. The number of methoxy groups -OCH3 is 2. The largest absolute Gasteiger partial charge is 0.496 e. The van der Waals surface area contributed by atoms with E-state index in [0.29, 0.717) is 36.9 Å². The summed E-state index contributed by atoms with van der Waals surface area (Å²) >= 11 is 0. The minimum Gasteiger partial charge on any atom is -0.496 e. The number of carbonyl (C=O) groups is 2. The Bertz CT molecular complexity index is 1070. The van der Waals surface area contributed by atoms with Gasteiger partial charge in [0, 0.05) is 24.6 Å². The molecule has 5 rings (SSSR count). The third-order valence-corrected chi connectivity index (χ3v) is 7.54. The monoisotopic (exact) mass is 455 g/mol. The van der Waals surface area contributed by atoms with Gasteiger partial charge in [0.05, 0.1) is 32.4 Å². The molecular weight excluding hydrogens is 422 g/mol. The molecule has 1 aromatic heterocycles. The van der Waals surface area contributed by atoms with Gasteiger partial charge in [-0.1, -0.05) is 12.8 Å². The van der Waals surface area contributed by atoms with Gasteiger partial charge in [-0.2, -0.15) is 0 Å². The standard InChI is InChI=1S/C25H33N3O5/c1-25(24(30)26-16-7-4-5-8-16)15-27-19(23(29)28(25)14-17-9-6-12-33-17)13-18-20(31-2)10-11-21(32-3)22(18)27/h10-11,13,16-17H,4-9,12,14-15H2,1-3H3,(H,26,30)/t17-,25-/m1/s1. The zero-order valence-electron chi connectivity index (χ0n) is 19.7. The van der Waals surface area contributed by atoms with Crippen LogP contribution in [0.3, 0.4) is 0 Å². The summed E-state index contributed by atoms with van der Waals surface area (Å²) in [5.74, 6) is 1.05. The normalized spacial score (nSPS) is 25.5. The number of nitrogens with zero attached hydrogens (tertiary/aromatic N) is 2. The van der Waals surface area contributed by atoms with Crippen molar-refractivity contribution in [3.8, 4) is 11.5 Å². The van der Waals surface area contributed by atoms with Crippen molar-refractivity contribution < 1.29 is 23.8 Å². The summed E-state index contributed by atoms with van der Waals surface area (Å²) in [6.07, 6.45) is 6.07. The van der Waals surface area contributed by atoms with Crippen LogP contribution >= 0.6 is 0 Å². The molecule has 1 N–H and O–H groups in total. The van der Waals surface area contributed by atoms with E-state index in [9.17, 15) is 9.59 Å². The molecule has 3 heterocycles. The molecule has 1 saturated carbocycles. The first kappa shape index (κ1) is 22.1. The van der Waals surface area contributed by atoms with Gasteiger partial charge >= 0.3 is 0 Å². The van der Waals surface area contributed by atoms with Gasteiger partial charge < -0.3 is 29.0 Å². The molecule has 2 atom stereocenters. The lowest BCUT2D eigenvalue weighted by Crippen LogP contribution is -2.65. The smallest absolute Gasteiger partial charge is 0.271 e. The van der Waals surface area contributed by atoms with E-state index in [2.05, 4.69) is 5.32 Å². The number of rotatable bonds is 6. The van der Waals surface area contributed by atoms with Crippen LogP contribution in [0.2, 0.25) is 0 Å². The summed E-state index contributed by atoms with van der Waals surface area (Å²) in [6.45, 7) is 3.33. The van der Waals surface area contributed by atoms with E-state index in [-0.39, 0.29) is 24.0 Å². The number of aromatic nitrogens is 1. The van der Waals surface area contributed by atoms with Crippen molar-refractivity contribution in [1.29, 1.82) is 0 Å². The van der Waals surface area contributed by atoms with Crippen LogP contribution in [0.25, 0.3) is 10.9 Å². The second kappa shape index (κ2) is 8.56. The third-order valence-electron chi connectivity index (χ3n) is 7.54. The third kappa shape index (κ3) is 3.64. The molecule has 178 valence electrons. The SMILES string of the molecule is COc1ccc(OC)c2c1cc1n2C[C@](C)(C(=O)NC2CCCC2)N(C[C@H]2CCCO2)C1=O. The molecule has 2 amide bonds. The maximum atomic E-state index is 13.9. The number of benzene rings is 1. The van der Waals surface area contributed by atoms with Crippen LogP contribution in [0.4, 0.5) is 0 Å². The highest BCUT2D eigenvalue weighted by Crippen LogP contribution is 2.40. The van der Waals surface area contributed by atoms with Gasteiger partial charge in [-0.25, -0.2) is 0 Å². The second-order valence-corrected chi connectivity index (χ2v) is 9.63. The van der Waals surface area contributed by atoms with Gasteiger partial charge in [0.1, 0.15) is 22.7 Å². The minimum absolute atomic E-state index is 0.0486. The summed E-state index contributed by atoms with van der Waals surface area (Å²) in [7, 11) is 3.23. The van der Waals surface area contributed by atoms with Crippen LogP contribution in [-0.4, -0.2) is 66.3 Å². The molecule has 8 heteroatoms. The van der Waals surface area contributed by atoms with Crippen LogP contribution < -0.4 is 14.8 Å². The Morgan fingerprint density at radius 1 is 1.15 bits per heavy atom. The molecule has 8 nitrogen and oxygen atoms in total. The second-order valence-electron chi connectivity index (χ2n) is 9.63. The Kier molecular flexibility index (Phi) is 5.72. The van der Waals surface area contributed by atoms with E-state index in [0.717, 1.165) is 49.4 Å². The van der Waals surface area contributed by atoms with Gasteiger partial charge in [-0.05, 0) is 50.8 Å². The van der Waals surface area contributed by atoms with E-state index in [1.165, 1.54) is 0 Å². The van der Waals surface area contributed by atoms with Gasteiger partial charge in [-0.15, -0.1) is 0 Å². The lowest BCUT2D eigenvalue weighted by Gasteiger charge is -2.45. The lowest BCUT2D eigenvalue weighted by atomic mass is 9.93. The maximum Gasteiger partial charge on any atom is 0.271 e. The van der Waals surface area contributed by atoms with Crippen molar-refractivity contribution in [2.45, 2.75) is 69.7 Å². The number of ether oxygens (including phenoxy) is 3. The highest BCUT2D eigenvalue weighted by Gasteiger charge is 2.49. The fourth-order valence-corrected chi connectivity index (χ4v) is 5.64. The lowest BCUT2D eigenvalue weighted by molar-refractivity contribution is -0.134. The van der Waals surface area contributed by atoms with E-state index >= 15 is 0 Å². The number of hydrogen-bond donors (Lipinski definition) is 1. The van der Waals surface area contributed by atoms with Crippen LogP contribution in [-0.2, 0) is 16.1 Å². The van der Waals surface area contributed by atoms with Crippen molar-refractivity contribution >= 4 is 22.7 Å². The Morgan fingerprint density at radius 3 is 2.55 bits per heavy atom. The molecule has 0 spiro atoms. The minimum atomic E-state index is -1.04. The number of carbonyl (C=O) groups excluding carboxylic acids is 2. The van der Waals surface area contributed by atoms with Crippen LogP contribution in [0.5, 0.6) is 11.5 Å². The number of nitrogens with one attached hydrogen (secondary N) is 1. The van der Waals surface area contributed by atoms with Crippen molar-refractivity contribution in [3.63, 3.8) is 0 Å². The van der Waals surface area contributed by atoms with Crippen molar-refractivity contribution in [3.05, 3.63) is 23.9 Å². The average Bonchev–Trinajstić information content (AvgIpc) is 3.58. The molecule has 2 fully saturated rings. The first-order valence-electron chi connectivity index (χ1n) is 11.9. The summed E-state index contributed by atoms with van der Waals surface area (Å²) < 4.78 is 19.0. The van der Waals surface area contributed by atoms with Crippen LogP contribution in [0, 0.1) is 0 Å². The average molecular weight is 456 g/mol. The molecule has 0 unspecified atom stereocenters. The molecule has 33 heavy (non-hydrogen) atoms. The van der Waals surface area contributed by atoms with E-state index in [1.807, 2.05) is 29.7 Å². The Balaban J connectivity index is 1.60. The topological polar surface area (TPSA) is 82.0 Å². The van der Waals surface area contributed by atoms with Crippen molar-refractivity contribution in [1.82, 2.24) is 14.8 Å². The predicted octanol–water partition coefficient (Wildman–Crippen LogP) is 3.11. The molecule has 1 aromatic carbocycles. The molecular formula is C25H33N3O5. The quantitative estimate of drug-likeness (QED) is 0.724. The fourth-order valence-electron chi connectivity index (χ4n) is 5.64. The number of amides is 2. The molecule has 0 bridgehead atoms. The molecule has 1 saturated heterocycles. The van der Waals surface area contributed by atoms with Crippen LogP contribution in [0.15, 0.2) is 18.2 Å². The molecule has 1 aliphatic carbocycles. The molecule has 2 aromatic rings. The first-order valence-corrected chi connectivity index (χ1v) is 11.9. The van der Waals surface area contributed by atoms with Gasteiger partial charge in [0.25, 0.3) is 5.91 Å². The first-order chi connectivity index (χ1) is 16.0.